The monoisotopic (exact) mass is 373 g/mol. The summed E-state index contributed by atoms with van der Waals surface area (Å²) in [6.45, 7) is 4.55. The first-order valence-corrected chi connectivity index (χ1v) is 9.00. The Labute approximate surface area is 148 Å². The van der Waals surface area contributed by atoms with Gasteiger partial charge in [-0.05, 0) is 13.3 Å². The molecule has 138 valence electrons. The predicted octanol–water partition coefficient (Wildman–Crippen LogP) is 3.13. The Morgan fingerprint density at radius 3 is 2.88 bits per heavy atom. The lowest BCUT2D eigenvalue weighted by atomic mass is 10.1. The Morgan fingerprint density at radius 2 is 2.24 bits per heavy atom. The average molecular weight is 373 g/mol. The second-order valence-electron chi connectivity index (χ2n) is 6.07. The van der Waals surface area contributed by atoms with Crippen molar-refractivity contribution in [2.75, 3.05) is 13.7 Å². The van der Waals surface area contributed by atoms with Gasteiger partial charge in [-0.25, -0.2) is 23.1 Å². The second-order valence-corrected chi connectivity index (χ2v) is 7.11. The van der Waals surface area contributed by atoms with Crippen LogP contribution in [-0.4, -0.2) is 45.2 Å². The summed E-state index contributed by atoms with van der Waals surface area (Å²) in [5, 5.41) is 7.88. The van der Waals surface area contributed by atoms with Crippen LogP contribution in [0.25, 0.3) is 4.96 Å². The molecule has 1 N–H and O–H groups in total. The van der Waals surface area contributed by atoms with Crippen molar-refractivity contribution in [2.24, 2.45) is 0 Å². The highest BCUT2D eigenvalue weighted by Gasteiger charge is 2.36. The third-order valence-corrected chi connectivity index (χ3v) is 5.17. The number of hydrogen-bond acceptors (Lipinski definition) is 5. The fourth-order valence-electron chi connectivity index (χ4n) is 3.17. The topological polar surface area (TPSA) is 71.8 Å². The number of amides is 2. The fourth-order valence-corrected chi connectivity index (χ4v) is 4.05. The molecular weight excluding hydrogens is 352 g/mol. The highest BCUT2D eigenvalue weighted by atomic mass is 32.1. The highest BCUT2D eigenvalue weighted by molar-refractivity contribution is 7.16. The number of carbonyl (C=O) groups is 1. The number of ether oxygens (including phenoxy) is 1. The van der Waals surface area contributed by atoms with Gasteiger partial charge in [0.2, 0.25) is 4.96 Å². The van der Waals surface area contributed by atoms with Crippen molar-refractivity contribution < 1.29 is 18.3 Å². The number of alkyl halides is 2. The molecule has 7 nitrogen and oxygen atoms in total. The summed E-state index contributed by atoms with van der Waals surface area (Å²) in [5.74, 6) is 0. The molecule has 10 heteroatoms. The molecule has 0 aliphatic carbocycles. The molecule has 2 aromatic rings. The molecule has 2 atom stereocenters. The maximum atomic E-state index is 13.5. The Bertz CT molecular complexity index is 763. The molecule has 3 rings (SSSR count). The Morgan fingerprint density at radius 1 is 1.48 bits per heavy atom. The van der Waals surface area contributed by atoms with Gasteiger partial charge in [0.15, 0.2) is 0 Å². The first-order chi connectivity index (χ1) is 12.0. The molecule has 1 unspecified atom stereocenters. The van der Waals surface area contributed by atoms with Crippen molar-refractivity contribution in [2.45, 2.75) is 51.8 Å². The number of carbonyl (C=O) groups excluding carboxylic acids is 1. The SMILES string of the molecule is CCC[C@@H]1CN(C(C)c2c(C(F)F)nc3sc(COC)nn23)C(=O)N1. The number of urea groups is 1. The van der Waals surface area contributed by atoms with Crippen molar-refractivity contribution in [1.29, 1.82) is 0 Å². The number of fused-ring (bicyclic) bond motifs is 1. The van der Waals surface area contributed by atoms with Crippen molar-refractivity contribution in [3.8, 4) is 0 Å². The van der Waals surface area contributed by atoms with Gasteiger partial charge >= 0.3 is 6.03 Å². The Hall–Kier alpha value is -1.81. The van der Waals surface area contributed by atoms with Crippen LogP contribution in [0.15, 0.2) is 0 Å². The molecule has 25 heavy (non-hydrogen) atoms. The molecule has 1 saturated heterocycles. The molecule has 3 heterocycles. The second kappa shape index (κ2) is 7.20. The highest BCUT2D eigenvalue weighted by Crippen LogP contribution is 2.34. The third-order valence-electron chi connectivity index (χ3n) is 4.29. The molecular formula is C15H21F2N5O2S. The number of nitrogens with one attached hydrogen (secondary N) is 1. The zero-order valence-corrected chi connectivity index (χ0v) is 15.1. The van der Waals surface area contributed by atoms with E-state index in [1.54, 1.807) is 18.9 Å². The summed E-state index contributed by atoms with van der Waals surface area (Å²) in [5.41, 5.74) is -0.0575. The molecule has 0 radical (unpaired) electrons. The number of nitrogens with zero attached hydrogens (tertiary/aromatic N) is 4. The lowest BCUT2D eigenvalue weighted by molar-refractivity contribution is 0.141. The molecule has 0 aromatic carbocycles. The van der Waals surface area contributed by atoms with Gasteiger partial charge in [-0.3, -0.25) is 0 Å². The van der Waals surface area contributed by atoms with E-state index in [0.29, 0.717) is 16.5 Å². The van der Waals surface area contributed by atoms with Crippen molar-refractivity contribution >= 4 is 22.3 Å². The molecule has 0 bridgehead atoms. The maximum absolute atomic E-state index is 13.5. The summed E-state index contributed by atoms with van der Waals surface area (Å²) in [6.07, 6.45) is -0.930. The van der Waals surface area contributed by atoms with Gasteiger partial charge in [-0.1, -0.05) is 24.7 Å². The molecule has 1 aliphatic rings. The van der Waals surface area contributed by atoms with Crippen LogP contribution in [0, 0.1) is 0 Å². The van der Waals surface area contributed by atoms with Gasteiger partial charge in [0.1, 0.15) is 10.7 Å². The van der Waals surface area contributed by atoms with Crippen LogP contribution in [-0.2, 0) is 11.3 Å². The average Bonchev–Trinajstić information content (AvgIpc) is 3.19. The van der Waals surface area contributed by atoms with Crippen LogP contribution in [0.1, 0.15) is 55.6 Å². The van der Waals surface area contributed by atoms with Crippen LogP contribution >= 0.6 is 11.3 Å². The van der Waals surface area contributed by atoms with Crippen LogP contribution in [0.4, 0.5) is 13.6 Å². The quantitative estimate of drug-likeness (QED) is 0.809. The molecule has 2 amide bonds. The third kappa shape index (κ3) is 3.32. The smallest absolute Gasteiger partial charge is 0.318 e. The van der Waals surface area contributed by atoms with Crippen molar-refractivity contribution in [1.82, 2.24) is 24.8 Å². The van der Waals surface area contributed by atoms with Crippen LogP contribution in [0.3, 0.4) is 0 Å². The first-order valence-electron chi connectivity index (χ1n) is 8.18. The Balaban J connectivity index is 1.97. The van der Waals surface area contributed by atoms with Gasteiger partial charge < -0.3 is 15.0 Å². The van der Waals surface area contributed by atoms with E-state index in [4.69, 9.17) is 4.74 Å². The fraction of sp³-hybridized carbons (Fsp3) is 0.667. The largest absolute Gasteiger partial charge is 0.377 e. The van der Waals surface area contributed by atoms with Crippen LogP contribution < -0.4 is 5.32 Å². The predicted molar refractivity (Wildman–Crippen MR) is 88.9 cm³/mol. The number of methoxy groups -OCH3 is 1. The molecule has 1 aliphatic heterocycles. The van der Waals surface area contributed by atoms with Crippen molar-refractivity contribution in [3.63, 3.8) is 0 Å². The van der Waals surface area contributed by atoms with Gasteiger partial charge in [-0.15, -0.1) is 0 Å². The van der Waals surface area contributed by atoms with E-state index in [-0.39, 0.29) is 30.1 Å². The molecule has 0 saturated carbocycles. The summed E-state index contributed by atoms with van der Waals surface area (Å²) in [7, 11) is 1.54. The summed E-state index contributed by atoms with van der Waals surface area (Å²) < 4.78 is 33.5. The first kappa shape index (κ1) is 18.0. The number of aromatic nitrogens is 3. The van der Waals surface area contributed by atoms with Gasteiger partial charge in [0, 0.05) is 19.7 Å². The lowest BCUT2D eigenvalue weighted by Crippen LogP contribution is -2.32. The van der Waals surface area contributed by atoms with Gasteiger partial charge in [-0.2, -0.15) is 5.10 Å². The zero-order valence-electron chi connectivity index (χ0n) is 14.3. The minimum Gasteiger partial charge on any atom is -0.377 e. The van der Waals surface area contributed by atoms with Gasteiger partial charge in [0.25, 0.3) is 6.43 Å². The van der Waals surface area contributed by atoms with Gasteiger partial charge in [0.05, 0.1) is 18.3 Å². The number of imidazole rings is 1. The minimum atomic E-state index is -2.73. The molecule has 2 aromatic heterocycles. The number of rotatable bonds is 7. The summed E-state index contributed by atoms with van der Waals surface area (Å²) in [6, 6.07) is -0.760. The maximum Gasteiger partial charge on any atom is 0.318 e. The zero-order chi connectivity index (χ0) is 18.1. The van der Waals surface area contributed by atoms with Crippen LogP contribution in [0.2, 0.25) is 0 Å². The summed E-state index contributed by atoms with van der Waals surface area (Å²) in [4.78, 5) is 18.3. The summed E-state index contributed by atoms with van der Waals surface area (Å²) >= 11 is 1.21. The number of halogens is 2. The lowest BCUT2D eigenvalue weighted by Gasteiger charge is -2.23. The molecule has 0 spiro atoms. The Kier molecular flexibility index (Phi) is 5.19. The normalized spacial score (nSPS) is 19.2. The van der Waals surface area contributed by atoms with E-state index < -0.39 is 12.5 Å². The standard InChI is InChI=1S/C15H21F2N5O2S/c1-4-5-9-6-21(14(23)18-9)8(2)12-11(13(16)17)19-15-22(12)20-10(25-15)7-24-3/h8-9,13H,4-7H2,1-3H3,(H,18,23)/t8?,9-/m1/s1. The molecule has 1 fully saturated rings. The minimum absolute atomic E-state index is 0.0397. The number of hydrogen-bond donors (Lipinski definition) is 1. The van der Waals surface area contributed by atoms with Crippen LogP contribution in [0.5, 0.6) is 0 Å². The van der Waals surface area contributed by atoms with E-state index in [0.717, 1.165) is 12.8 Å². The van der Waals surface area contributed by atoms with Crippen molar-refractivity contribution in [3.05, 3.63) is 16.4 Å². The van der Waals surface area contributed by atoms with E-state index in [9.17, 15) is 13.6 Å². The van der Waals surface area contributed by atoms with E-state index in [1.807, 2.05) is 6.92 Å². The van der Waals surface area contributed by atoms with E-state index in [2.05, 4.69) is 15.4 Å². The van der Waals surface area contributed by atoms with E-state index in [1.165, 1.54) is 15.9 Å². The van der Waals surface area contributed by atoms with E-state index >= 15 is 0 Å².